The van der Waals surface area contributed by atoms with Gasteiger partial charge in [-0.2, -0.15) is 0 Å². The number of hydrogen-bond donors (Lipinski definition) is 3. The lowest BCUT2D eigenvalue weighted by Gasteiger charge is -2.15. The van der Waals surface area contributed by atoms with Crippen molar-refractivity contribution in [2.24, 2.45) is 23.7 Å². The summed E-state index contributed by atoms with van der Waals surface area (Å²) in [6.07, 6.45) is 16.4. The Morgan fingerprint density at radius 3 is 1.60 bits per heavy atom. The summed E-state index contributed by atoms with van der Waals surface area (Å²) in [6.45, 7) is 16.5. The molecule has 0 spiro atoms. The van der Waals surface area contributed by atoms with E-state index in [1.54, 1.807) is 0 Å². The lowest BCUT2D eigenvalue weighted by Crippen LogP contribution is -2.21. The van der Waals surface area contributed by atoms with Gasteiger partial charge in [-0.1, -0.05) is 126 Å². The van der Waals surface area contributed by atoms with Crippen molar-refractivity contribution in [3.8, 4) is 0 Å². The van der Waals surface area contributed by atoms with E-state index in [1.165, 1.54) is 64.2 Å². The molecule has 0 saturated carbocycles. The van der Waals surface area contributed by atoms with Gasteiger partial charge in [0.15, 0.2) is 0 Å². The van der Waals surface area contributed by atoms with Crippen molar-refractivity contribution in [3.05, 3.63) is 0 Å². The third-order valence-corrected chi connectivity index (χ3v) is 7.09. The number of ether oxygens (including phenoxy) is 1. The van der Waals surface area contributed by atoms with Crippen LogP contribution in [0.3, 0.4) is 0 Å². The molecule has 7 heteroatoms. The molecule has 0 aliphatic rings. The summed E-state index contributed by atoms with van der Waals surface area (Å²) in [5.74, 6) is 3.71. The van der Waals surface area contributed by atoms with Crippen molar-refractivity contribution >= 4 is 7.82 Å². The lowest BCUT2D eigenvalue weighted by atomic mass is 9.91. The van der Waals surface area contributed by atoms with E-state index in [0.717, 1.165) is 42.9 Å². The maximum absolute atomic E-state index is 10.3. The van der Waals surface area contributed by atoms with Crippen molar-refractivity contribution in [2.45, 2.75) is 138 Å². The van der Waals surface area contributed by atoms with Crippen LogP contribution in [-0.4, -0.2) is 40.8 Å². The first kappa shape index (κ1) is 37.2. The molecule has 35 heavy (non-hydrogen) atoms. The number of aliphatic hydroxyl groups is 1. The first-order valence-electron chi connectivity index (χ1n) is 14.4. The molecule has 3 N–H and O–H groups in total. The summed E-state index contributed by atoms with van der Waals surface area (Å²) in [5.41, 5.74) is 0. The number of unbranched alkanes of at least 4 members (excludes halogenated alkanes) is 2. The van der Waals surface area contributed by atoms with Crippen LogP contribution in [0, 0.1) is 23.7 Å². The van der Waals surface area contributed by atoms with Gasteiger partial charge < -0.3 is 19.6 Å². The molecule has 0 aromatic rings. The average molecular weight is 525 g/mol. The molecular formula is C28H61O6P. The standard InChI is InChI=1S/C20H42.C8H19O6P/c1-7-18(4)12-9-14-20(6)16-10-15-19(5)13-8-11-17(2)3;1-2-3-4-5-13-6-8(9)7-14-15(10,11)12/h17-20H,7-16H2,1-6H3;8-9H,2-7H2,1H3,(H2,10,11,12). The molecule has 6 nitrogen and oxygen atoms in total. The van der Waals surface area contributed by atoms with E-state index in [9.17, 15) is 9.67 Å². The van der Waals surface area contributed by atoms with E-state index in [-0.39, 0.29) is 6.61 Å². The number of rotatable bonds is 22. The zero-order valence-corrected chi connectivity index (χ0v) is 25.1. The third-order valence-electron chi connectivity index (χ3n) is 6.60. The zero-order valence-electron chi connectivity index (χ0n) is 24.2. The molecule has 0 radical (unpaired) electrons. The first-order chi connectivity index (χ1) is 16.4. The Balaban J connectivity index is 0. The minimum Gasteiger partial charge on any atom is -0.388 e. The monoisotopic (exact) mass is 524 g/mol. The van der Waals surface area contributed by atoms with Gasteiger partial charge in [0.2, 0.25) is 0 Å². The second kappa shape index (κ2) is 24.4. The van der Waals surface area contributed by atoms with E-state index in [4.69, 9.17) is 14.5 Å². The van der Waals surface area contributed by atoms with Gasteiger partial charge in [-0.3, -0.25) is 4.52 Å². The molecule has 0 aliphatic heterocycles. The Labute approximate surface area is 218 Å². The fourth-order valence-corrected chi connectivity index (χ4v) is 4.27. The topological polar surface area (TPSA) is 96.2 Å². The average Bonchev–Trinajstić information content (AvgIpc) is 2.77. The lowest BCUT2D eigenvalue weighted by molar-refractivity contribution is 0.00483. The van der Waals surface area contributed by atoms with Crippen molar-refractivity contribution in [1.82, 2.24) is 0 Å². The Morgan fingerprint density at radius 1 is 0.686 bits per heavy atom. The van der Waals surface area contributed by atoms with Gasteiger partial charge in [0.25, 0.3) is 0 Å². The van der Waals surface area contributed by atoms with Crippen LogP contribution in [0.1, 0.15) is 132 Å². The van der Waals surface area contributed by atoms with Crippen LogP contribution >= 0.6 is 7.82 Å². The zero-order chi connectivity index (χ0) is 27.1. The molecule has 0 aliphatic carbocycles. The summed E-state index contributed by atoms with van der Waals surface area (Å²) >= 11 is 0. The maximum Gasteiger partial charge on any atom is 0.469 e. The fraction of sp³-hybridized carbons (Fsp3) is 1.00. The van der Waals surface area contributed by atoms with Crippen molar-refractivity contribution < 1.29 is 28.7 Å². The van der Waals surface area contributed by atoms with Gasteiger partial charge in [0, 0.05) is 6.61 Å². The Kier molecular flexibility index (Phi) is 25.9. The second-order valence-electron chi connectivity index (χ2n) is 11.1. The van der Waals surface area contributed by atoms with E-state index in [0.29, 0.717) is 6.61 Å². The molecule has 0 amide bonds. The van der Waals surface area contributed by atoms with Crippen molar-refractivity contribution in [3.63, 3.8) is 0 Å². The minimum atomic E-state index is -4.48. The summed E-state index contributed by atoms with van der Waals surface area (Å²) in [5, 5.41) is 9.18. The number of aliphatic hydroxyl groups excluding tert-OH is 1. The second-order valence-corrected chi connectivity index (χ2v) is 12.4. The van der Waals surface area contributed by atoms with Gasteiger partial charge in [0.05, 0.1) is 13.2 Å². The summed E-state index contributed by atoms with van der Waals surface area (Å²) in [4.78, 5) is 16.7. The predicted octanol–water partition coefficient (Wildman–Crippen LogP) is 8.14. The van der Waals surface area contributed by atoms with Gasteiger partial charge in [0.1, 0.15) is 6.10 Å². The van der Waals surface area contributed by atoms with Gasteiger partial charge in [-0.05, 0) is 30.1 Å². The molecule has 0 saturated heterocycles. The van der Waals surface area contributed by atoms with Crippen molar-refractivity contribution in [2.75, 3.05) is 19.8 Å². The van der Waals surface area contributed by atoms with Crippen molar-refractivity contribution in [1.29, 1.82) is 0 Å². The molecule has 0 heterocycles. The number of hydrogen-bond acceptors (Lipinski definition) is 4. The van der Waals surface area contributed by atoms with Crippen LogP contribution in [0.25, 0.3) is 0 Å². The number of phosphoric ester groups is 1. The molecule has 0 bridgehead atoms. The minimum absolute atomic E-state index is 0.0315. The SMILES string of the molecule is CCC(C)CCCC(C)CCCC(C)CCCC(C)C.CCCCCOCC(O)COP(=O)(O)O. The van der Waals surface area contributed by atoms with Gasteiger partial charge in [-0.25, -0.2) is 4.57 Å². The normalized spacial score (nSPS) is 15.4. The Bertz CT molecular complexity index is 482. The predicted molar refractivity (Wildman–Crippen MR) is 149 cm³/mol. The third kappa shape index (κ3) is 32.0. The van der Waals surface area contributed by atoms with Crippen LogP contribution in [0.15, 0.2) is 0 Å². The molecular weight excluding hydrogens is 463 g/mol. The fourth-order valence-electron chi connectivity index (χ4n) is 3.90. The molecule has 0 rings (SSSR count). The highest BCUT2D eigenvalue weighted by atomic mass is 31.2. The smallest absolute Gasteiger partial charge is 0.388 e. The highest BCUT2D eigenvalue weighted by Crippen LogP contribution is 2.35. The highest BCUT2D eigenvalue weighted by Gasteiger charge is 2.16. The van der Waals surface area contributed by atoms with E-state index in [1.807, 2.05) is 0 Å². The maximum atomic E-state index is 10.3. The van der Waals surface area contributed by atoms with Crippen LogP contribution < -0.4 is 0 Å². The molecule has 4 unspecified atom stereocenters. The highest BCUT2D eigenvalue weighted by molar-refractivity contribution is 7.46. The summed E-state index contributed by atoms with van der Waals surface area (Å²) < 4.78 is 19.5. The van der Waals surface area contributed by atoms with Crippen LogP contribution in [0.5, 0.6) is 0 Å². The Hall–Kier alpha value is 0.0300. The molecule has 4 atom stereocenters. The molecule has 214 valence electrons. The first-order valence-corrected chi connectivity index (χ1v) is 15.9. The largest absolute Gasteiger partial charge is 0.469 e. The quantitative estimate of drug-likeness (QED) is 0.0977. The van der Waals surface area contributed by atoms with Crippen LogP contribution in [0.2, 0.25) is 0 Å². The molecule has 0 aromatic heterocycles. The van der Waals surface area contributed by atoms with E-state index in [2.05, 4.69) is 53.0 Å². The van der Waals surface area contributed by atoms with Gasteiger partial charge >= 0.3 is 7.82 Å². The Morgan fingerprint density at radius 2 is 1.17 bits per heavy atom. The summed E-state index contributed by atoms with van der Waals surface area (Å²) in [6, 6.07) is 0. The van der Waals surface area contributed by atoms with Crippen LogP contribution in [0.4, 0.5) is 0 Å². The van der Waals surface area contributed by atoms with Crippen LogP contribution in [-0.2, 0) is 13.8 Å². The molecule has 0 fully saturated rings. The molecule has 0 aromatic carbocycles. The van der Waals surface area contributed by atoms with E-state index < -0.39 is 20.5 Å². The number of phosphoric acid groups is 1. The van der Waals surface area contributed by atoms with E-state index >= 15 is 0 Å². The van der Waals surface area contributed by atoms with Gasteiger partial charge in [-0.15, -0.1) is 0 Å². The summed E-state index contributed by atoms with van der Waals surface area (Å²) in [7, 11) is -4.48.